The van der Waals surface area contributed by atoms with E-state index >= 15 is 0 Å². The molecule has 11 heteroatoms. The van der Waals surface area contributed by atoms with E-state index < -0.39 is 27.8 Å². The van der Waals surface area contributed by atoms with E-state index in [1.54, 1.807) is 0 Å². The van der Waals surface area contributed by atoms with Gasteiger partial charge in [-0.3, -0.25) is 9.36 Å². The molecule has 4 rings (SSSR count). The van der Waals surface area contributed by atoms with Crippen molar-refractivity contribution in [1.29, 1.82) is 0 Å². The Kier molecular flexibility index (Phi) is 3.66. The highest BCUT2D eigenvalue weighted by Gasteiger charge is 2.41. The first kappa shape index (κ1) is 16.8. The van der Waals surface area contributed by atoms with Gasteiger partial charge in [-0.25, -0.2) is 22.9 Å². The van der Waals surface area contributed by atoms with Gasteiger partial charge in [0.05, 0.1) is 10.4 Å². The van der Waals surface area contributed by atoms with E-state index in [4.69, 9.17) is 4.42 Å². The van der Waals surface area contributed by atoms with Gasteiger partial charge in [0.15, 0.2) is 12.2 Å². The van der Waals surface area contributed by atoms with Gasteiger partial charge in [0.1, 0.15) is 0 Å². The van der Waals surface area contributed by atoms with E-state index in [0.29, 0.717) is 11.1 Å². The van der Waals surface area contributed by atoms with Gasteiger partial charge in [-0.2, -0.15) is 4.31 Å². The molecule has 0 saturated carbocycles. The SMILES string of the molecule is Cn1c(=O)oc2ccc(S(=O)(=O)N3CC(CN4C(=O)COC4=O)C3)cc21. The molecule has 2 amide bonds. The zero-order valence-electron chi connectivity index (χ0n) is 13.7. The summed E-state index contributed by atoms with van der Waals surface area (Å²) in [5.41, 5.74) is 0.697. The quantitative estimate of drug-likeness (QED) is 0.715. The maximum Gasteiger partial charge on any atom is 0.419 e. The molecule has 138 valence electrons. The Balaban J connectivity index is 1.50. The molecule has 26 heavy (non-hydrogen) atoms. The van der Waals surface area contributed by atoms with Crippen LogP contribution < -0.4 is 5.76 Å². The molecule has 10 nitrogen and oxygen atoms in total. The molecular weight excluding hydrogens is 366 g/mol. The standard InChI is InChI=1S/C15H15N3O7S/c1-16-11-4-10(2-3-12(11)25-14(16)20)26(22,23)17-5-9(6-17)7-18-13(19)8-24-15(18)21/h2-4,9H,5-8H2,1H3. The smallest absolute Gasteiger partial charge is 0.419 e. The number of carbonyl (C=O) groups excluding carboxylic acids is 2. The van der Waals surface area contributed by atoms with Crippen LogP contribution in [0.15, 0.2) is 32.3 Å². The second-order valence-electron chi connectivity index (χ2n) is 6.30. The number of aromatic nitrogens is 1. The molecule has 0 radical (unpaired) electrons. The Morgan fingerprint density at radius 2 is 1.92 bits per heavy atom. The number of ether oxygens (including phenoxy) is 1. The largest absolute Gasteiger partial charge is 0.439 e. The topological polar surface area (TPSA) is 119 Å². The van der Waals surface area contributed by atoms with Crippen LogP contribution in [0.1, 0.15) is 0 Å². The number of nitrogens with zero attached hydrogens (tertiary/aromatic N) is 3. The minimum atomic E-state index is -3.74. The molecule has 0 spiro atoms. The molecule has 3 heterocycles. The number of sulfonamides is 1. The van der Waals surface area contributed by atoms with Crippen LogP contribution >= 0.6 is 0 Å². The lowest BCUT2D eigenvalue weighted by Crippen LogP contribution is -2.54. The molecule has 1 aromatic carbocycles. The van der Waals surface area contributed by atoms with Crippen LogP contribution in [-0.4, -0.2) is 60.4 Å². The maximum absolute atomic E-state index is 12.7. The van der Waals surface area contributed by atoms with Crippen molar-refractivity contribution in [1.82, 2.24) is 13.8 Å². The molecule has 1 aromatic heterocycles. The fourth-order valence-corrected chi connectivity index (χ4v) is 4.68. The summed E-state index contributed by atoms with van der Waals surface area (Å²) < 4.78 is 37.6. The van der Waals surface area contributed by atoms with E-state index in [2.05, 4.69) is 4.74 Å². The van der Waals surface area contributed by atoms with E-state index in [-0.39, 0.29) is 37.1 Å². The van der Waals surface area contributed by atoms with Crippen molar-refractivity contribution in [2.45, 2.75) is 4.90 Å². The van der Waals surface area contributed by atoms with Crippen LogP contribution in [0.2, 0.25) is 0 Å². The lowest BCUT2D eigenvalue weighted by molar-refractivity contribution is -0.126. The molecule has 2 aliphatic heterocycles. The predicted molar refractivity (Wildman–Crippen MR) is 86.8 cm³/mol. The molecule has 2 aromatic rings. The van der Waals surface area contributed by atoms with Crippen LogP contribution in [0.3, 0.4) is 0 Å². The number of aryl methyl sites for hydroxylation is 1. The number of fused-ring (bicyclic) bond motifs is 1. The van der Waals surface area contributed by atoms with Crippen LogP contribution in [0.5, 0.6) is 0 Å². The van der Waals surface area contributed by atoms with E-state index in [1.165, 1.54) is 34.1 Å². The van der Waals surface area contributed by atoms with Crippen molar-refractivity contribution in [2.24, 2.45) is 13.0 Å². The Morgan fingerprint density at radius 1 is 1.19 bits per heavy atom. The van der Waals surface area contributed by atoms with Crippen molar-refractivity contribution in [3.8, 4) is 0 Å². The summed E-state index contributed by atoms with van der Waals surface area (Å²) in [6.45, 7) is 0.263. The molecule has 2 fully saturated rings. The monoisotopic (exact) mass is 381 g/mol. The molecule has 0 atom stereocenters. The average Bonchev–Trinajstić information content (AvgIpc) is 3.02. The lowest BCUT2D eigenvalue weighted by Gasteiger charge is -2.38. The third-order valence-electron chi connectivity index (χ3n) is 4.61. The van der Waals surface area contributed by atoms with Gasteiger partial charge < -0.3 is 9.15 Å². The zero-order chi connectivity index (χ0) is 18.6. The number of cyclic esters (lactones) is 1. The van der Waals surface area contributed by atoms with Gasteiger partial charge in [-0.05, 0) is 18.2 Å². The molecule has 0 bridgehead atoms. The molecule has 2 aliphatic rings. The molecular formula is C15H15N3O7S. The summed E-state index contributed by atoms with van der Waals surface area (Å²) in [7, 11) is -2.24. The number of hydrogen-bond donors (Lipinski definition) is 0. The van der Waals surface area contributed by atoms with Gasteiger partial charge in [0, 0.05) is 32.6 Å². The second kappa shape index (κ2) is 5.68. The average molecular weight is 381 g/mol. The van der Waals surface area contributed by atoms with E-state index in [9.17, 15) is 22.8 Å². The summed E-state index contributed by atoms with van der Waals surface area (Å²) in [5.74, 6) is -1.12. The number of benzene rings is 1. The summed E-state index contributed by atoms with van der Waals surface area (Å²) in [6, 6.07) is 4.22. The summed E-state index contributed by atoms with van der Waals surface area (Å²) in [6.07, 6.45) is -0.692. The number of imide groups is 1. The van der Waals surface area contributed by atoms with E-state index in [0.717, 1.165) is 4.90 Å². The first-order valence-electron chi connectivity index (χ1n) is 7.84. The third kappa shape index (κ3) is 2.51. The normalized spacial score (nSPS) is 19.2. The fourth-order valence-electron chi connectivity index (χ4n) is 3.07. The first-order chi connectivity index (χ1) is 12.3. The molecule has 0 aliphatic carbocycles. The predicted octanol–water partition coefficient (Wildman–Crippen LogP) is -0.269. The van der Waals surface area contributed by atoms with Gasteiger partial charge >= 0.3 is 11.8 Å². The van der Waals surface area contributed by atoms with Crippen molar-refractivity contribution in [2.75, 3.05) is 26.2 Å². The molecule has 0 N–H and O–H groups in total. The highest BCUT2D eigenvalue weighted by atomic mass is 32.2. The molecule has 2 saturated heterocycles. The third-order valence-corrected chi connectivity index (χ3v) is 6.43. The van der Waals surface area contributed by atoms with Crippen molar-refractivity contribution in [3.63, 3.8) is 0 Å². The summed E-state index contributed by atoms with van der Waals surface area (Å²) in [5, 5.41) is 0. The lowest BCUT2D eigenvalue weighted by atomic mass is 10.0. The second-order valence-corrected chi connectivity index (χ2v) is 8.24. The fraction of sp³-hybridized carbons (Fsp3) is 0.400. The van der Waals surface area contributed by atoms with Crippen molar-refractivity contribution < 1.29 is 27.2 Å². The van der Waals surface area contributed by atoms with Gasteiger partial charge in [0.25, 0.3) is 5.91 Å². The van der Waals surface area contributed by atoms with Crippen LogP contribution in [-0.2, 0) is 26.6 Å². The Labute approximate surface area is 147 Å². The van der Waals surface area contributed by atoms with Crippen LogP contribution in [0.25, 0.3) is 11.1 Å². The summed E-state index contributed by atoms with van der Waals surface area (Å²) in [4.78, 5) is 35.5. The first-order valence-corrected chi connectivity index (χ1v) is 9.28. The summed E-state index contributed by atoms with van der Waals surface area (Å²) >= 11 is 0. The van der Waals surface area contributed by atoms with Crippen LogP contribution in [0.4, 0.5) is 4.79 Å². The van der Waals surface area contributed by atoms with E-state index in [1.807, 2.05) is 0 Å². The Hall–Kier alpha value is -2.66. The number of oxazole rings is 1. The van der Waals surface area contributed by atoms with Crippen molar-refractivity contribution >= 4 is 33.1 Å². The highest BCUT2D eigenvalue weighted by Crippen LogP contribution is 2.28. The molecule has 0 unspecified atom stereocenters. The highest BCUT2D eigenvalue weighted by molar-refractivity contribution is 7.89. The van der Waals surface area contributed by atoms with Crippen LogP contribution in [0, 0.1) is 5.92 Å². The number of carbonyl (C=O) groups is 2. The zero-order valence-corrected chi connectivity index (χ0v) is 14.6. The maximum atomic E-state index is 12.7. The minimum absolute atomic E-state index is 0.0523. The van der Waals surface area contributed by atoms with Crippen molar-refractivity contribution in [3.05, 3.63) is 28.7 Å². The Morgan fingerprint density at radius 3 is 2.58 bits per heavy atom. The number of hydrogen-bond acceptors (Lipinski definition) is 7. The number of amides is 2. The minimum Gasteiger partial charge on any atom is -0.439 e. The number of rotatable bonds is 4. The van der Waals surface area contributed by atoms with Gasteiger partial charge in [-0.15, -0.1) is 0 Å². The van der Waals surface area contributed by atoms with Gasteiger partial charge in [-0.1, -0.05) is 0 Å². The Bertz CT molecular complexity index is 1060. The van der Waals surface area contributed by atoms with Gasteiger partial charge in [0.2, 0.25) is 10.0 Å².